The molecule has 0 bridgehead atoms. The van der Waals surface area contributed by atoms with Gasteiger partial charge in [0, 0.05) is 11.4 Å². The lowest BCUT2D eigenvalue weighted by molar-refractivity contribution is 0.340. The van der Waals surface area contributed by atoms with Gasteiger partial charge in [-0.2, -0.15) is 0 Å². The Kier molecular flexibility index (Phi) is 5.65. The van der Waals surface area contributed by atoms with Gasteiger partial charge in [-0.15, -0.1) is 0 Å². The monoisotopic (exact) mass is 422 g/mol. The Morgan fingerprint density at radius 2 is 1.31 bits per heavy atom. The summed E-state index contributed by atoms with van der Waals surface area (Å²) in [5.74, 6) is 0. The highest BCUT2D eigenvalue weighted by Crippen LogP contribution is 2.69. The van der Waals surface area contributed by atoms with Gasteiger partial charge < -0.3 is 25.3 Å². The molecule has 0 unspecified atom stereocenters. The summed E-state index contributed by atoms with van der Waals surface area (Å²) in [6.45, 7) is 0. The van der Waals surface area contributed by atoms with Gasteiger partial charge in [0.2, 0.25) is 0 Å². The zero-order chi connectivity index (χ0) is 19.8. The van der Waals surface area contributed by atoms with Crippen molar-refractivity contribution in [2.75, 3.05) is 10.5 Å². The maximum atomic E-state index is 12.2. The van der Waals surface area contributed by atoms with Crippen LogP contribution in [0.4, 0.5) is 11.4 Å². The van der Waals surface area contributed by atoms with Crippen molar-refractivity contribution in [2.45, 2.75) is 10.3 Å². The van der Waals surface area contributed by atoms with Crippen LogP contribution in [0.1, 0.15) is 11.0 Å². The standard InChI is InChI=1S/C13H16N2O8P2S/c14-10-3-7-12(8-4-10)26(22,23)15-11-5-1-9(2-6-11)13(24(16,17)18)25(19,20)21/h1-8,13,15H,14H2,(H2,16,17,18)(H2,19,20,21). The van der Waals surface area contributed by atoms with E-state index >= 15 is 0 Å². The largest absolute Gasteiger partial charge is 0.399 e. The molecule has 2 aromatic rings. The third kappa shape index (κ3) is 4.93. The Bertz CT molecular complexity index is 958. The van der Waals surface area contributed by atoms with Gasteiger partial charge in [-0.25, -0.2) is 8.42 Å². The fourth-order valence-corrected chi connectivity index (χ4v) is 5.92. The van der Waals surface area contributed by atoms with Gasteiger partial charge >= 0.3 is 15.2 Å². The molecule has 0 aromatic heterocycles. The molecule has 0 fully saturated rings. The summed E-state index contributed by atoms with van der Waals surface area (Å²) in [5.41, 5.74) is 5.60. The van der Waals surface area contributed by atoms with E-state index in [-0.39, 0.29) is 16.1 Å². The molecule has 0 amide bonds. The Labute approximate surface area is 149 Å². The van der Waals surface area contributed by atoms with Crippen molar-refractivity contribution in [3.63, 3.8) is 0 Å². The quantitative estimate of drug-likeness (QED) is 0.296. The first-order chi connectivity index (χ1) is 11.8. The summed E-state index contributed by atoms with van der Waals surface area (Å²) in [4.78, 5) is 36.7. The Morgan fingerprint density at radius 3 is 1.73 bits per heavy atom. The van der Waals surface area contributed by atoms with Crippen LogP contribution in [0.2, 0.25) is 0 Å². The van der Waals surface area contributed by atoms with Crippen molar-refractivity contribution >= 4 is 36.6 Å². The molecule has 13 heteroatoms. The van der Waals surface area contributed by atoms with Crippen LogP contribution in [-0.4, -0.2) is 28.0 Å². The van der Waals surface area contributed by atoms with Crippen LogP contribution in [-0.2, 0) is 19.2 Å². The number of anilines is 2. The fraction of sp³-hybridized carbons (Fsp3) is 0.0769. The van der Waals surface area contributed by atoms with Crippen LogP contribution < -0.4 is 10.5 Å². The summed E-state index contributed by atoms with van der Waals surface area (Å²) >= 11 is 0. The van der Waals surface area contributed by atoms with E-state index in [1.54, 1.807) is 0 Å². The number of nitrogens with two attached hydrogens (primary N) is 1. The zero-order valence-electron chi connectivity index (χ0n) is 13.0. The minimum Gasteiger partial charge on any atom is -0.399 e. The van der Waals surface area contributed by atoms with Crippen LogP contribution in [0.5, 0.6) is 0 Å². The van der Waals surface area contributed by atoms with Gasteiger partial charge in [0.05, 0.1) is 4.90 Å². The van der Waals surface area contributed by atoms with E-state index in [0.29, 0.717) is 5.69 Å². The second-order valence-electron chi connectivity index (χ2n) is 5.35. The molecule has 2 aromatic carbocycles. The third-order valence-electron chi connectivity index (χ3n) is 3.29. The van der Waals surface area contributed by atoms with E-state index in [4.69, 9.17) is 5.73 Å². The third-order valence-corrected chi connectivity index (χ3v) is 8.36. The summed E-state index contributed by atoms with van der Waals surface area (Å²) in [6.07, 6.45) is 0. The van der Waals surface area contributed by atoms with Gasteiger partial charge in [0.15, 0.2) is 5.40 Å². The molecule has 142 valence electrons. The number of hydrogen-bond acceptors (Lipinski definition) is 5. The average molecular weight is 422 g/mol. The number of nitrogen functional groups attached to an aromatic ring is 1. The molecule has 10 nitrogen and oxygen atoms in total. The molecule has 0 aliphatic carbocycles. The molecule has 0 saturated carbocycles. The predicted molar refractivity (Wildman–Crippen MR) is 94.9 cm³/mol. The maximum Gasteiger partial charge on any atom is 0.345 e. The molecular formula is C13H16N2O8P2S. The van der Waals surface area contributed by atoms with Crippen LogP contribution in [0, 0.1) is 0 Å². The van der Waals surface area contributed by atoms with E-state index < -0.39 is 30.6 Å². The molecule has 0 aliphatic rings. The van der Waals surface area contributed by atoms with Crippen molar-refractivity contribution < 1.29 is 37.1 Å². The average Bonchev–Trinajstić information content (AvgIpc) is 2.46. The zero-order valence-corrected chi connectivity index (χ0v) is 15.6. The van der Waals surface area contributed by atoms with Crippen molar-refractivity contribution in [2.24, 2.45) is 0 Å². The van der Waals surface area contributed by atoms with Gasteiger partial charge in [-0.05, 0) is 42.0 Å². The Morgan fingerprint density at radius 1 is 0.846 bits per heavy atom. The molecule has 0 spiro atoms. The maximum absolute atomic E-state index is 12.2. The first-order valence-electron chi connectivity index (χ1n) is 6.89. The van der Waals surface area contributed by atoms with E-state index in [2.05, 4.69) is 4.72 Å². The molecule has 26 heavy (non-hydrogen) atoms. The first-order valence-corrected chi connectivity index (χ1v) is 11.7. The van der Waals surface area contributed by atoms with E-state index in [1.807, 2.05) is 0 Å². The second-order valence-corrected chi connectivity index (χ2v) is 10.8. The van der Waals surface area contributed by atoms with Crippen molar-refractivity contribution in [3.8, 4) is 0 Å². The van der Waals surface area contributed by atoms with E-state index in [0.717, 1.165) is 24.3 Å². The van der Waals surface area contributed by atoms with E-state index in [9.17, 15) is 37.1 Å². The highest BCUT2D eigenvalue weighted by molar-refractivity contribution is 7.92. The molecule has 2 rings (SSSR count). The number of sulfonamides is 1. The number of benzene rings is 2. The molecule has 0 saturated heterocycles. The minimum atomic E-state index is -5.14. The summed E-state index contributed by atoms with van der Waals surface area (Å²) in [7, 11) is -14.2. The molecule has 0 atom stereocenters. The fourth-order valence-electron chi connectivity index (χ4n) is 2.17. The summed E-state index contributed by atoms with van der Waals surface area (Å²) in [5, 5.41) is -2.32. The highest BCUT2D eigenvalue weighted by atomic mass is 32.2. The van der Waals surface area contributed by atoms with Crippen molar-refractivity contribution in [1.82, 2.24) is 0 Å². The summed E-state index contributed by atoms with van der Waals surface area (Å²) < 4.78 is 49.5. The lowest BCUT2D eigenvalue weighted by Crippen LogP contribution is -2.13. The van der Waals surface area contributed by atoms with Crippen LogP contribution in [0.25, 0.3) is 0 Å². The van der Waals surface area contributed by atoms with Gasteiger partial charge in [0.1, 0.15) is 0 Å². The van der Waals surface area contributed by atoms with E-state index in [1.165, 1.54) is 24.3 Å². The number of nitrogens with one attached hydrogen (secondary N) is 1. The second kappa shape index (κ2) is 7.13. The SMILES string of the molecule is Nc1ccc(S(=O)(=O)Nc2ccc(C(P(=O)(O)O)P(=O)(O)O)cc2)cc1. The topological polar surface area (TPSA) is 187 Å². The lowest BCUT2D eigenvalue weighted by atomic mass is 10.2. The normalized spacial score (nSPS) is 13.0. The molecule has 0 heterocycles. The smallest absolute Gasteiger partial charge is 0.345 e. The molecular weight excluding hydrogens is 406 g/mol. The number of hydrogen-bond donors (Lipinski definition) is 6. The summed E-state index contributed by atoms with van der Waals surface area (Å²) in [6, 6.07) is 9.75. The van der Waals surface area contributed by atoms with Crippen LogP contribution in [0.3, 0.4) is 0 Å². The number of rotatable bonds is 6. The Balaban J connectivity index is 2.31. The highest BCUT2D eigenvalue weighted by Gasteiger charge is 2.44. The van der Waals surface area contributed by atoms with Crippen molar-refractivity contribution in [3.05, 3.63) is 54.1 Å². The lowest BCUT2D eigenvalue weighted by Gasteiger charge is -2.20. The van der Waals surface area contributed by atoms with Crippen LogP contribution in [0.15, 0.2) is 53.4 Å². The van der Waals surface area contributed by atoms with Crippen molar-refractivity contribution in [1.29, 1.82) is 0 Å². The predicted octanol–water partition coefficient (Wildman–Crippen LogP) is 1.42. The minimum absolute atomic E-state index is 0.0424. The molecule has 7 N–H and O–H groups in total. The molecule has 0 aliphatic heterocycles. The van der Waals surface area contributed by atoms with Gasteiger partial charge in [-0.3, -0.25) is 13.9 Å². The van der Waals surface area contributed by atoms with Gasteiger partial charge in [0.25, 0.3) is 10.0 Å². The van der Waals surface area contributed by atoms with Crippen LogP contribution >= 0.6 is 15.2 Å². The Hall–Kier alpha value is -1.71. The first kappa shape index (κ1) is 20.6. The molecule has 0 radical (unpaired) electrons. The van der Waals surface area contributed by atoms with Gasteiger partial charge in [-0.1, -0.05) is 12.1 Å².